The highest BCUT2D eigenvalue weighted by Gasteiger charge is 2.22. The van der Waals surface area contributed by atoms with E-state index in [0.29, 0.717) is 30.0 Å². The molecule has 1 N–H and O–H groups in total. The molecular weight excluding hydrogens is 348 g/mol. The number of nitrogens with zero attached hydrogens (tertiary/aromatic N) is 2. The number of benzene rings is 2. The number of amides is 2. The third-order valence-electron chi connectivity index (χ3n) is 4.39. The summed E-state index contributed by atoms with van der Waals surface area (Å²) >= 11 is 0. The van der Waals surface area contributed by atoms with Crippen molar-refractivity contribution >= 4 is 29.2 Å². The second-order valence-corrected chi connectivity index (χ2v) is 6.24. The maximum atomic E-state index is 12.7. The Labute approximate surface area is 156 Å². The summed E-state index contributed by atoms with van der Waals surface area (Å²) in [5.41, 5.74) is 1.97. The lowest BCUT2D eigenvalue weighted by atomic mass is 10.1. The van der Waals surface area contributed by atoms with Crippen LogP contribution >= 0.6 is 0 Å². The fourth-order valence-corrected chi connectivity index (χ4v) is 2.93. The third-order valence-corrected chi connectivity index (χ3v) is 4.39. The molecule has 0 bridgehead atoms. The number of carbonyl (C=O) groups is 3. The summed E-state index contributed by atoms with van der Waals surface area (Å²) in [7, 11) is 1.66. The number of hydrogen-bond acceptors (Lipinski definition) is 4. The average Bonchev–Trinajstić information content (AvgIpc) is 3.11. The molecule has 0 aromatic heterocycles. The predicted octanol–water partition coefficient (Wildman–Crippen LogP) is 2.55. The molecule has 0 atom stereocenters. The number of aliphatic carboxylic acids is 1. The number of ether oxygens (including phenoxy) is 1. The van der Waals surface area contributed by atoms with E-state index in [2.05, 4.69) is 0 Å². The fourth-order valence-electron chi connectivity index (χ4n) is 2.93. The van der Waals surface area contributed by atoms with Gasteiger partial charge in [-0.05, 0) is 55.0 Å². The highest BCUT2D eigenvalue weighted by molar-refractivity contribution is 6.06. The maximum Gasteiger partial charge on any atom is 0.341 e. The summed E-state index contributed by atoms with van der Waals surface area (Å²) < 4.78 is 5.08. The van der Waals surface area contributed by atoms with Gasteiger partial charge in [0.2, 0.25) is 5.91 Å². The fraction of sp³-hybridized carbons (Fsp3) is 0.250. The maximum absolute atomic E-state index is 12.7. The van der Waals surface area contributed by atoms with Crippen LogP contribution in [-0.4, -0.2) is 43.1 Å². The van der Waals surface area contributed by atoms with E-state index < -0.39 is 12.6 Å². The molecule has 0 aliphatic carbocycles. The molecule has 1 saturated heterocycles. The van der Waals surface area contributed by atoms with Gasteiger partial charge in [-0.25, -0.2) is 4.79 Å². The van der Waals surface area contributed by atoms with Crippen molar-refractivity contribution < 1.29 is 24.2 Å². The molecule has 7 nitrogen and oxygen atoms in total. The zero-order valence-electron chi connectivity index (χ0n) is 14.9. The van der Waals surface area contributed by atoms with Crippen molar-refractivity contribution in [3.63, 3.8) is 0 Å². The van der Waals surface area contributed by atoms with E-state index in [4.69, 9.17) is 9.84 Å². The van der Waals surface area contributed by atoms with Crippen LogP contribution < -0.4 is 14.5 Å². The van der Waals surface area contributed by atoms with Gasteiger partial charge in [0.05, 0.1) is 0 Å². The minimum Gasteiger partial charge on any atom is -0.482 e. The van der Waals surface area contributed by atoms with Crippen molar-refractivity contribution in [1.29, 1.82) is 0 Å². The minimum absolute atomic E-state index is 0.108. The Morgan fingerprint density at radius 3 is 2.33 bits per heavy atom. The van der Waals surface area contributed by atoms with Crippen LogP contribution in [0.3, 0.4) is 0 Å². The number of rotatable bonds is 6. The summed E-state index contributed by atoms with van der Waals surface area (Å²) in [5, 5.41) is 8.62. The molecular formula is C20H20N2O5. The standard InChI is InChI=1S/C20H20N2O5/c1-21(15-8-10-17(11-9-15)27-13-19(24)25)20(26)14-4-6-16(7-5-14)22-12-2-3-18(22)23/h4-11H,2-3,12-13H2,1H3,(H,24,25). The van der Waals surface area contributed by atoms with Crippen LogP contribution in [0.25, 0.3) is 0 Å². The Bertz CT molecular complexity index is 846. The van der Waals surface area contributed by atoms with E-state index in [1.54, 1.807) is 60.5 Å². The van der Waals surface area contributed by atoms with Crippen LogP contribution in [0.5, 0.6) is 5.75 Å². The molecule has 0 unspecified atom stereocenters. The largest absolute Gasteiger partial charge is 0.482 e. The molecule has 2 aromatic rings. The zero-order valence-corrected chi connectivity index (χ0v) is 14.9. The lowest BCUT2D eigenvalue weighted by molar-refractivity contribution is -0.139. The molecule has 27 heavy (non-hydrogen) atoms. The zero-order chi connectivity index (χ0) is 19.4. The van der Waals surface area contributed by atoms with E-state index in [1.165, 1.54) is 4.90 Å². The highest BCUT2D eigenvalue weighted by Crippen LogP contribution is 2.24. The molecule has 2 aromatic carbocycles. The second kappa shape index (κ2) is 7.90. The quantitative estimate of drug-likeness (QED) is 0.847. The average molecular weight is 368 g/mol. The number of carbonyl (C=O) groups excluding carboxylic acids is 2. The van der Waals surface area contributed by atoms with E-state index in [0.717, 1.165) is 12.1 Å². The minimum atomic E-state index is -1.05. The van der Waals surface area contributed by atoms with Crippen molar-refractivity contribution in [1.82, 2.24) is 0 Å². The molecule has 1 fully saturated rings. The molecule has 3 rings (SSSR count). The first kappa shape index (κ1) is 18.4. The molecule has 1 aliphatic rings. The SMILES string of the molecule is CN(C(=O)c1ccc(N2CCCC2=O)cc1)c1ccc(OCC(=O)O)cc1. The summed E-state index contributed by atoms with van der Waals surface area (Å²) in [6, 6.07) is 13.6. The Balaban J connectivity index is 1.67. The first-order valence-electron chi connectivity index (χ1n) is 8.59. The summed E-state index contributed by atoms with van der Waals surface area (Å²) in [6.07, 6.45) is 1.42. The molecule has 0 saturated carbocycles. The number of carboxylic acid groups (broad SMARTS) is 1. The Morgan fingerprint density at radius 1 is 1.11 bits per heavy atom. The van der Waals surface area contributed by atoms with Crippen molar-refractivity contribution in [2.24, 2.45) is 0 Å². The van der Waals surface area contributed by atoms with Gasteiger partial charge in [0.25, 0.3) is 5.91 Å². The van der Waals surface area contributed by atoms with E-state index in [1.807, 2.05) is 0 Å². The molecule has 7 heteroatoms. The highest BCUT2D eigenvalue weighted by atomic mass is 16.5. The molecule has 0 spiro atoms. The van der Waals surface area contributed by atoms with Crippen molar-refractivity contribution in [3.8, 4) is 5.75 Å². The van der Waals surface area contributed by atoms with Gasteiger partial charge >= 0.3 is 5.97 Å². The molecule has 140 valence electrons. The monoisotopic (exact) mass is 368 g/mol. The first-order valence-corrected chi connectivity index (χ1v) is 8.59. The lowest BCUT2D eigenvalue weighted by Gasteiger charge is -2.19. The topological polar surface area (TPSA) is 87.2 Å². The molecule has 1 heterocycles. The van der Waals surface area contributed by atoms with Gasteiger partial charge < -0.3 is 19.6 Å². The molecule has 0 radical (unpaired) electrons. The number of hydrogen-bond donors (Lipinski definition) is 1. The second-order valence-electron chi connectivity index (χ2n) is 6.24. The van der Waals surface area contributed by atoms with Crippen LogP contribution in [0.15, 0.2) is 48.5 Å². The smallest absolute Gasteiger partial charge is 0.341 e. The van der Waals surface area contributed by atoms with Gasteiger partial charge in [-0.2, -0.15) is 0 Å². The summed E-state index contributed by atoms with van der Waals surface area (Å²) in [5.74, 6) is -0.711. The van der Waals surface area contributed by atoms with Crippen molar-refractivity contribution in [2.45, 2.75) is 12.8 Å². The van der Waals surface area contributed by atoms with Gasteiger partial charge in [0.15, 0.2) is 6.61 Å². The lowest BCUT2D eigenvalue weighted by Crippen LogP contribution is -2.26. The van der Waals surface area contributed by atoms with Crippen LogP contribution in [0, 0.1) is 0 Å². The number of carboxylic acids is 1. The molecule has 2 amide bonds. The van der Waals surface area contributed by atoms with Gasteiger partial charge in [-0.1, -0.05) is 0 Å². The van der Waals surface area contributed by atoms with E-state index in [9.17, 15) is 14.4 Å². The summed E-state index contributed by atoms with van der Waals surface area (Å²) in [6.45, 7) is 0.294. The first-order chi connectivity index (χ1) is 13.0. The Morgan fingerprint density at radius 2 is 1.78 bits per heavy atom. The van der Waals surface area contributed by atoms with Crippen LogP contribution in [0.4, 0.5) is 11.4 Å². The molecule has 1 aliphatic heterocycles. The van der Waals surface area contributed by atoms with Gasteiger partial charge in [0.1, 0.15) is 5.75 Å². The third kappa shape index (κ3) is 4.25. The van der Waals surface area contributed by atoms with Gasteiger partial charge in [-0.3, -0.25) is 9.59 Å². The number of anilines is 2. The van der Waals surface area contributed by atoms with E-state index >= 15 is 0 Å². The Kier molecular flexibility index (Phi) is 5.40. The van der Waals surface area contributed by atoms with Crippen LogP contribution in [-0.2, 0) is 9.59 Å². The van der Waals surface area contributed by atoms with Gasteiger partial charge in [0, 0.05) is 37.0 Å². The van der Waals surface area contributed by atoms with Gasteiger partial charge in [-0.15, -0.1) is 0 Å². The summed E-state index contributed by atoms with van der Waals surface area (Å²) in [4.78, 5) is 38.2. The predicted molar refractivity (Wildman–Crippen MR) is 100 cm³/mol. The van der Waals surface area contributed by atoms with Crippen molar-refractivity contribution in [2.75, 3.05) is 30.0 Å². The van der Waals surface area contributed by atoms with Crippen LogP contribution in [0.1, 0.15) is 23.2 Å². The normalized spacial score (nSPS) is 13.5. The van der Waals surface area contributed by atoms with E-state index in [-0.39, 0.29) is 11.8 Å². The Hall–Kier alpha value is -3.35. The van der Waals surface area contributed by atoms with Crippen LogP contribution in [0.2, 0.25) is 0 Å². The van der Waals surface area contributed by atoms with Crippen molar-refractivity contribution in [3.05, 3.63) is 54.1 Å².